The van der Waals surface area contributed by atoms with E-state index >= 15 is 0 Å². The molecule has 0 aliphatic heterocycles. The lowest BCUT2D eigenvalue weighted by molar-refractivity contribution is 0.0143. The number of rotatable bonds is 7. The third kappa shape index (κ3) is 5.11. The Kier molecular flexibility index (Phi) is 6.10. The lowest BCUT2D eigenvalue weighted by atomic mass is 10.2. The second kappa shape index (κ2) is 7.62. The number of nitrogens with two attached hydrogens (primary N) is 1. The van der Waals surface area contributed by atoms with Crippen LogP contribution in [0, 0.1) is 0 Å². The van der Waals surface area contributed by atoms with Crippen LogP contribution in [0.2, 0.25) is 0 Å². The number of aromatic nitrogens is 1. The van der Waals surface area contributed by atoms with E-state index in [1.807, 2.05) is 19.9 Å². The zero-order valence-corrected chi connectivity index (χ0v) is 10.7. The number of amidine groups is 1. The molecule has 18 heavy (non-hydrogen) atoms. The molecule has 0 amide bonds. The lowest BCUT2D eigenvalue weighted by Gasteiger charge is -2.08. The van der Waals surface area contributed by atoms with Crippen molar-refractivity contribution in [2.75, 3.05) is 13.2 Å². The number of hydrogen-bond acceptors (Lipinski definition) is 5. The fourth-order valence-corrected chi connectivity index (χ4v) is 1.29. The van der Waals surface area contributed by atoms with Crippen molar-refractivity contribution in [2.24, 2.45) is 10.9 Å². The van der Waals surface area contributed by atoms with Crippen LogP contribution in [0.4, 0.5) is 0 Å². The quantitative estimate of drug-likeness (QED) is 0.250. The molecule has 100 valence electrons. The van der Waals surface area contributed by atoms with Crippen LogP contribution in [-0.4, -0.2) is 35.3 Å². The molecule has 0 bridgehead atoms. The van der Waals surface area contributed by atoms with Gasteiger partial charge in [0.25, 0.3) is 0 Å². The Labute approximate surface area is 106 Å². The topological polar surface area (TPSA) is 90.0 Å². The van der Waals surface area contributed by atoms with Crippen molar-refractivity contribution >= 4 is 5.84 Å². The summed E-state index contributed by atoms with van der Waals surface area (Å²) in [6.45, 7) is 5.49. The van der Waals surface area contributed by atoms with Gasteiger partial charge < -0.3 is 20.4 Å². The molecule has 0 aliphatic carbocycles. The number of oxime groups is 1. The minimum atomic E-state index is -0.0139. The van der Waals surface area contributed by atoms with E-state index in [4.69, 9.17) is 20.4 Å². The van der Waals surface area contributed by atoms with E-state index in [2.05, 4.69) is 10.1 Å². The summed E-state index contributed by atoms with van der Waals surface area (Å²) in [5.74, 6) is -0.0139. The third-order valence-corrected chi connectivity index (χ3v) is 2.14. The van der Waals surface area contributed by atoms with Crippen LogP contribution in [0.15, 0.2) is 23.5 Å². The Morgan fingerprint density at radius 2 is 2.28 bits per heavy atom. The molecule has 0 spiro atoms. The largest absolute Gasteiger partial charge is 0.409 e. The van der Waals surface area contributed by atoms with Gasteiger partial charge >= 0.3 is 0 Å². The van der Waals surface area contributed by atoms with Gasteiger partial charge in [0.15, 0.2) is 5.84 Å². The van der Waals surface area contributed by atoms with Gasteiger partial charge in [-0.05, 0) is 31.5 Å². The highest BCUT2D eigenvalue weighted by atomic mass is 16.5. The monoisotopic (exact) mass is 253 g/mol. The van der Waals surface area contributed by atoms with Crippen LogP contribution in [0.5, 0.6) is 0 Å². The Morgan fingerprint density at radius 3 is 2.94 bits per heavy atom. The first-order valence-corrected chi connectivity index (χ1v) is 5.75. The van der Waals surface area contributed by atoms with E-state index in [-0.39, 0.29) is 11.9 Å². The molecule has 1 rings (SSSR count). The lowest BCUT2D eigenvalue weighted by Crippen LogP contribution is -2.15. The normalized spacial score (nSPS) is 12.1. The van der Waals surface area contributed by atoms with E-state index in [0.29, 0.717) is 25.5 Å². The van der Waals surface area contributed by atoms with Crippen molar-refractivity contribution in [2.45, 2.75) is 26.6 Å². The van der Waals surface area contributed by atoms with Gasteiger partial charge in [0, 0.05) is 6.20 Å². The van der Waals surface area contributed by atoms with Crippen LogP contribution in [-0.2, 0) is 16.1 Å². The summed E-state index contributed by atoms with van der Waals surface area (Å²) in [4.78, 5) is 3.98. The molecule has 6 nitrogen and oxygen atoms in total. The molecule has 1 aromatic rings. The molecular weight excluding hydrogens is 234 g/mol. The SMILES string of the molecule is CC(C)OCCOCc1ccnc(C(N)=NO)c1. The van der Waals surface area contributed by atoms with Crippen molar-refractivity contribution in [3.8, 4) is 0 Å². The summed E-state index contributed by atoms with van der Waals surface area (Å²) >= 11 is 0. The number of nitrogens with zero attached hydrogens (tertiary/aromatic N) is 2. The maximum absolute atomic E-state index is 8.55. The van der Waals surface area contributed by atoms with Crippen LogP contribution in [0.1, 0.15) is 25.1 Å². The predicted molar refractivity (Wildman–Crippen MR) is 67.5 cm³/mol. The highest BCUT2D eigenvalue weighted by Crippen LogP contribution is 2.03. The molecule has 1 aromatic heterocycles. The summed E-state index contributed by atoms with van der Waals surface area (Å²) in [6.07, 6.45) is 1.80. The van der Waals surface area contributed by atoms with Crippen molar-refractivity contribution < 1.29 is 14.7 Å². The van der Waals surface area contributed by atoms with Gasteiger partial charge in [-0.3, -0.25) is 4.98 Å². The minimum absolute atomic E-state index is 0.0139. The summed E-state index contributed by atoms with van der Waals surface area (Å²) in [5.41, 5.74) is 6.79. The predicted octanol–water partition coefficient (Wildman–Crippen LogP) is 1.12. The number of hydrogen-bond donors (Lipinski definition) is 2. The fraction of sp³-hybridized carbons (Fsp3) is 0.500. The summed E-state index contributed by atoms with van der Waals surface area (Å²) in [5, 5.41) is 11.5. The maximum Gasteiger partial charge on any atom is 0.188 e. The molecule has 0 radical (unpaired) electrons. The Morgan fingerprint density at radius 1 is 1.50 bits per heavy atom. The summed E-state index contributed by atoms with van der Waals surface area (Å²) in [7, 11) is 0. The standard InChI is InChI=1S/C12H19N3O3/c1-9(2)18-6-5-17-8-10-3-4-14-11(7-10)12(13)15-16/h3-4,7,9,16H,5-6,8H2,1-2H3,(H2,13,15). The maximum atomic E-state index is 8.55. The highest BCUT2D eigenvalue weighted by molar-refractivity contribution is 5.95. The molecule has 1 heterocycles. The number of ether oxygens (including phenoxy) is 2. The molecule has 0 saturated heterocycles. The van der Waals surface area contributed by atoms with Crippen molar-refractivity contribution in [3.05, 3.63) is 29.6 Å². The Bertz CT molecular complexity index is 394. The van der Waals surface area contributed by atoms with E-state index < -0.39 is 0 Å². The zero-order chi connectivity index (χ0) is 13.4. The first-order valence-electron chi connectivity index (χ1n) is 5.75. The first kappa shape index (κ1) is 14.4. The third-order valence-electron chi connectivity index (χ3n) is 2.14. The molecule has 0 unspecified atom stereocenters. The molecule has 0 aromatic carbocycles. The van der Waals surface area contributed by atoms with E-state index in [9.17, 15) is 0 Å². The van der Waals surface area contributed by atoms with Crippen molar-refractivity contribution in [1.29, 1.82) is 0 Å². The van der Waals surface area contributed by atoms with Gasteiger partial charge in [0.2, 0.25) is 0 Å². The molecule has 3 N–H and O–H groups in total. The molecule has 0 atom stereocenters. The molecule has 6 heteroatoms. The van der Waals surface area contributed by atoms with Gasteiger partial charge in [-0.15, -0.1) is 0 Å². The summed E-state index contributed by atoms with van der Waals surface area (Å²) in [6, 6.07) is 3.54. The molecular formula is C12H19N3O3. The van der Waals surface area contributed by atoms with Crippen molar-refractivity contribution in [1.82, 2.24) is 4.98 Å². The van der Waals surface area contributed by atoms with Crippen LogP contribution < -0.4 is 5.73 Å². The van der Waals surface area contributed by atoms with Crippen molar-refractivity contribution in [3.63, 3.8) is 0 Å². The van der Waals surface area contributed by atoms with Gasteiger partial charge in [-0.2, -0.15) is 0 Å². The van der Waals surface area contributed by atoms with E-state index in [1.165, 1.54) is 0 Å². The molecule has 0 saturated carbocycles. The minimum Gasteiger partial charge on any atom is -0.409 e. The van der Waals surface area contributed by atoms with Gasteiger partial charge in [0.1, 0.15) is 5.69 Å². The molecule has 0 aliphatic rings. The fourth-order valence-electron chi connectivity index (χ4n) is 1.29. The van der Waals surface area contributed by atoms with Crippen LogP contribution in [0.3, 0.4) is 0 Å². The second-order valence-corrected chi connectivity index (χ2v) is 4.01. The van der Waals surface area contributed by atoms with E-state index in [1.54, 1.807) is 12.3 Å². The van der Waals surface area contributed by atoms with Gasteiger partial charge in [0.05, 0.1) is 25.9 Å². The average Bonchev–Trinajstić information content (AvgIpc) is 2.37. The average molecular weight is 253 g/mol. The van der Waals surface area contributed by atoms with E-state index in [0.717, 1.165) is 5.56 Å². The van der Waals surface area contributed by atoms with Crippen LogP contribution in [0.25, 0.3) is 0 Å². The Hall–Kier alpha value is -1.66. The molecule has 0 fully saturated rings. The zero-order valence-electron chi connectivity index (χ0n) is 10.7. The summed E-state index contributed by atoms with van der Waals surface area (Å²) < 4.78 is 10.8. The number of pyridine rings is 1. The van der Waals surface area contributed by atoms with Crippen LogP contribution >= 0.6 is 0 Å². The van der Waals surface area contributed by atoms with Gasteiger partial charge in [-0.25, -0.2) is 0 Å². The highest BCUT2D eigenvalue weighted by Gasteiger charge is 2.02. The first-order chi connectivity index (χ1) is 8.63. The van der Waals surface area contributed by atoms with Gasteiger partial charge in [-0.1, -0.05) is 5.16 Å². The second-order valence-electron chi connectivity index (χ2n) is 4.01. The Balaban J connectivity index is 2.39. The smallest absolute Gasteiger partial charge is 0.188 e.